The van der Waals surface area contributed by atoms with Crippen LogP contribution in [0.5, 0.6) is 0 Å². The van der Waals surface area contributed by atoms with Gasteiger partial charge in [-0.3, -0.25) is 0 Å². The smallest absolute Gasteiger partial charge is 0.407 e. The molecule has 0 aliphatic carbocycles. The molecule has 0 aromatic heterocycles. The van der Waals surface area contributed by atoms with Crippen LogP contribution in [-0.2, 0) is 0 Å². The van der Waals surface area contributed by atoms with Crippen molar-refractivity contribution < 1.29 is 20.1 Å². The van der Waals surface area contributed by atoms with Crippen molar-refractivity contribution in [1.29, 1.82) is 0 Å². The summed E-state index contributed by atoms with van der Waals surface area (Å²) < 4.78 is 0. The monoisotopic (exact) mass is 161 g/mol. The predicted octanol–water partition coefficient (Wildman–Crippen LogP) is -0.908. The Balaban J connectivity index is 2.49. The number of carboxylic acid groups (broad SMARTS) is 1. The van der Waals surface area contributed by atoms with Crippen LogP contribution in [0.15, 0.2) is 0 Å². The van der Waals surface area contributed by atoms with Gasteiger partial charge in [0.1, 0.15) is 0 Å². The molecule has 64 valence electrons. The van der Waals surface area contributed by atoms with Crippen molar-refractivity contribution in [3.63, 3.8) is 0 Å². The zero-order valence-electron chi connectivity index (χ0n) is 5.97. The van der Waals surface area contributed by atoms with Crippen molar-refractivity contribution in [3.8, 4) is 0 Å². The van der Waals surface area contributed by atoms with E-state index in [9.17, 15) is 4.79 Å². The van der Waals surface area contributed by atoms with E-state index in [4.69, 9.17) is 15.3 Å². The number of β-amino-alcohol motifs (C(OH)–C–C–N with tert-alkyl or cyclic N) is 2. The van der Waals surface area contributed by atoms with Gasteiger partial charge in [0.05, 0.1) is 25.3 Å². The van der Waals surface area contributed by atoms with Gasteiger partial charge in [-0.1, -0.05) is 0 Å². The van der Waals surface area contributed by atoms with Gasteiger partial charge >= 0.3 is 6.09 Å². The molecule has 5 heteroatoms. The molecule has 11 heavy (non-hydrogen) atoms. The van der Waals surface area contributed by atoms with E-state index in [1.165, 1.54) is 0 Å². The van der Waals surface area contributed by atoms with E-state index in [1.54, 1.807) is 0 Å². The maximum atomic E-state index is 10.3. The predicted molar refractivity (Wildman–Crippen MR) is 36.2 cm³/mol. The maximum absolute atomic E-state index is 10.3. The maximum Gasteiger partial charge on any atom is 0.407 e. The third kappa shape index (κ3) is 2.06. The molecule has 1 aliphatic rings. The Morgan fingerprint density at radius 1 is 1.27 bits per heavy atom. The Kier molecular flexibility index (Phi) is 2.31. The Labute approximate surface area is 63.9 Å². The summed E-state index contributed by atoms with van der Waals surface area (Å²) in [6.07, 6.45) is -2.28. The minimum Gasteiger partial charge on any atom is -0.465 e. The lowest BCUT2D eigenvalue weighted by Crippen LogP contribution is -2.47. The zero-order valence-corrected chi connectivity index (χ0v) is 5.97. The van der Waals surface area contributed by atoms with Crippen LogP contribution in [-0.4, -0.2) is 51.6 Å². The highest BCUT2D eigenvalue weighted by atomic mass is 16.4. The summed E-state index contributed by atoms with van der Waals surface area (Å²) in [5.41, 5.74) is 0. The van der Waals surface area contributed by atoms with Gasteiger partial charge in [0.2, 0.25) is 0 Å². The fraction of sp³-hybridized carbons (Fsp3) is 0.833. The summed E-state index contributed by atoms with van der Waals surface area (Å²) in [5.74, 6) is 0. The Bertz CT molecular complexity index is 151. The Hall–Kier alpha value is -0.810. The summed E-state index contributed by atoms with van der Waals surface area (Å²) in [7, 11) is 0. The van der Waals surface area contributed by atoms with Gasteiger partial charge in [0.15, 0.2) is 0 Å². The SMILES string of the molecule is O=C(O)N1C[C@@H](O)C[C@H](O)C1. The molecule has 0 aromatic rings. The van der Waals surface area contributed by atoms with Crippen LogP contribution in [0.1, 0.15) is 6.42 Å². The standard InChI is InChI=1S/C6H11NO4/c8-4-1-5(9)3-7(2-4)6(10)11/h4-5,8-9H,1-3H2,(H,10,11)/t4-,5-/m0/s1. The lowest BCUT2D eigenvalue weighted by atomic mass is 10.1. The highest BCUT2D eigenvalue weighted by Gasteiger charge is 2.26. The highest BCUT2D eigenvalue weighted by Crippen LogP contribution is 2.10. The second kappa shape index (κ2) is 3.06. The van der Waals surface area contributed by atoms with Crippen molar-refractivity contribution in [2.24, 2.45) is 0 Å². The summed E-state index contributed by atoms with van der Waals surface area (Å²) in [6.45, 7) is 0.207. The minimum absolute atomic E-state index is 0.104. The van der Waals surface area contributed by atoms with Crippen LogP contribution in [0.4, 0.5) is 4.79 Å². The number of likely N-dealkylation sites (tertiary alicyclic amines) is 1. The molecule has 0 spiro atoms. The van der Waals surface area contributed by atoms with Crippen molar-refractivity contribution >= 4 is 6.09 Å². The topological polar surface area (TPSA) is 81.0 Å². The summed E-state index contributed by atoms with van der Waals surface area (Å²) >= 11 is 0. The fourth-order valence-corrected chi connectivity index (χ4v) is 1.20. The van der Waals surface area contributed by atoms with E-state index >= 15 is 0 Å². The van der Waals surface area contributed by atoms with Gasteiger partial charge in [0, 0.05) is 6.42 Å². The molecular weight excluding hydrogens is 150 g/mol. The normalized spacial score (nSPS) is 32.0. The Morgan fingerprint density at radius 3 is 2.09 bits per heavy atom. The molecule has 0 saturated carbocycles. The van der Waals surface area contributed by atoms with Crippen molar-refractivity contribution in [2.45, 2.75) is 18.6 Å². The molecular formula is C6H11NO4. The number of hydrogen-bond acceptors (Lipinski definition) is 3. The molecule has 0 radical (unpaired) electrons. The third-order valence-electron chi connectivity index (χ3n) is 1.68. The lowest BCUT2D eigenvalue weighted by molar-refractivity contribution is -0.00255. The molecule has 0 unspecified atom stereocenters. The number of aliphatic hydroxyl groups is 2. The van der Waals surface area contributed by atoms with Gasteiger partial charge < -0.3 is 20.2 Å². The lowest BCUT2D eigenvalue weighted by Gasteiger charge is -2.30. The number of piperidine rings is 1. The van der Waals surface area contributed by atoms with E-state index in [1.807, 2.05) is 0 Å². The van der Waals surface area contributed by atoms with Gasteiger partial charge in [-0.2, -0.15) is 0 Å². The van der Waals surface area contributed by atoms with Gasteiger partial charge in [-0.25, -0.2) is 4.79 Å². The summed E-state index contributed by atoms with van der Waals surface area (Å²) in [4.78, 5) is 11.4. The Morgan fingerprint density at radius 2 is 1.73 bits per heavy atom. The fourth-order valence-electron chi connectivity index (χ4n) is 1.20. The number of carbonyl (C=O) groups is 1. The number of amides is 1. The van der Waals surface area contributed by atoms with Crippen molar-refractivity contribution in [1.82, 2.24) is 4.90 Å². The molecule has 0 bridgehead atoms. The van der Waals surface area contributed by atoms with Crippen molar-refractivity contribution in [3.05, 3.63) is 0 Å². The van der Waals surface area contributed by atoms with E-state index in [0.29, 0.717) is 0 Å². The molecule has 0 aromatic carbocycles. The van der Waals surface area contributed by atoms with Gasteiger partial charge in [-0.05, 0) is 0 Å². The van der Waals surface area contributed by atoms with Crippen molar-refractivity contribution in [2.75, 3.05) is 13.1 Å². The quantitative estimate of drug-likeness (QED) is 0.429. The van der Waals surface area contributed by atoms with Crippen LogP contribution < -0.4 is 0 Å². The van der Waals surface area contributed by atoms with Crippen LogP contribution in [0, 0.1) is 0 Å². The van der Waals surface area contributed by atoms with E-state index in [2.05, 4.69) is 0 Å². The van der Waals surface area contributed by atoms with Crippen LogP contribution >= 0.6 is 0 Å². The molecule has 1 saturated heterocycles. The first-order chi connectivity index (χ1) is 5.09. The van der Waals surface area contributed by atoms with E-state index < -0.39 is 18.3 Å². The zero-order chi connectivity index (χ0) is 8.43. The summed E-state index contributed by atoms with van der Waals surface area (Å²) in [6, 6.07) is 0. The molecule has 1 rings (SSSR count). The van der Waals surface area contributed by atoms with Gasteiger partial charge in [-0.15, -0.1) is 0 Å². The van der Waals surface area contributed by atoms with Crippen LogP contribution in [0.2, 0.25) is 0 Å². The molecule has 1 aliphatic heterocycles. The second-order valence-electron chi connectivity index (χ2n) is 2.73. The minimum atomic E-state index is -1.09. The first-order valence-electron chi connectivity index (χ1n) is 3.43. The average Bonchev–Trinajstić information content (AvgIpc) is 1.85. The van der Waals surface area contributed by atoms with Gasteiger partial charge in [0.25, 0.3) is 0 Å². The first kappa shape index (κ1) is 8.29. The van der Waals surface area contributed by atoms with E-state index in [0.717, 1.165) is 4.90 Å². The second-order valence-corrected chi connectivity index (χ2v) is 2.73. The average molecular weight is 161 g/mol. The highest BCUT2D eigenvalue weighted by molar-refractivity contribution is 5.65. The molecule has 1 fully saturated rings. The first-order valence-corrected chi connectivity index (χ1v) is 3.43. The molecule has 3 N–H and O–H groups in total. The third-order valence-corrected chi connectivity index (χ3v) is 1.68. The summed E-state index contributed by atoms with van der Waals surface area (Å²) in [5, 5.41) is 26.5. The largest absolute Gasteiger partial charge is 0.465 e. The molecule has 2 atom stereocenters. The molecule has 1 heterocycles. The molecule has 5 nitrogen and oxygen atoms in total. The number of nitrogens with zero attached hydrogens (tertiary/aromatic N) is 1. The number of aliphatic hydroxyl groups excluding tert-OH is 2. The van der Waals surface area contributed by atoms with Crippen LogP contribution in [0.25, 0.3) is 0 Å². The van der Waals surface area contributed by atoms with E-state index in [-0.39, 0.29) is 19.5 Å². The van der Waals surface area contributed by atoms with Crippen LogP contribution in [0.3, 0.4) is 0 Å². The number of hydrogen-bond donors (Lipinski definition) is 3. The number of rotatable bonds is 0. The molecule has 1 amide bonds.